The van der Waals surface area contributed by atoms with E-state index in [0.29, 0.717) is 6.04 Å². The first-order chi connectivity index (χ1) is 8.79. The molecule has 0 spiro atoms. The summed E-state index contributed by atoms with van der Waals surface area (Å²) >= 11 is 0. The van der Waals surface area contributed by atoms with Gasteiger partial charge in [-0.1, -0.05) is 0 Å². The van der Waals surface area contributed by atoms with Crippen LogP contribution in [0, 0.1) is 29.6 Å². The number of rotatable bonds is 3. The van der Waals surface area contributed by atoms with Gasteiger partial charge in [0.2, 0.25) is 0 Å². The van der Waals surface area contributed by atoms with Crippen LogP contribution in [-0.4, -0.2) is 6.04 Å². The van der Waals surface area contributed by atoms with Gasteiger partial charge < -0.3 is 10.2 Å². The van der Waals surface area contributed by atoms with Gasteiger partial charge in [0.25, 0.3) is 0 Å². The van der Waals surface area contributed by atoms with Crippen molar-refractivity contribution >= 4 is 0 Å². The van der Waals surface area contributed by atoms with Gasteiger partial charge in [0.15, 0.2) is 0 Å². The largest absolute Gasteiger partial charge is 0.472 e. The van der Waals surface area contributed by atoms with Crippen LogP contribution in [0.2, 0.25) is 0 Å². The minimum absolute atomic E-state index is 0.345. The summed E-state index contributed by atoms with van der Waals surface area (Å²) in [7, 11) is 0. The maximum atomic E-state index is 6.55. The summed E-state index contributed by atoms with van der Waals surface area (Å²) in [5, 5.41) is 0. The average Bonchev–Trinajstić information content (AvgIpc) is 2.80. The van der Waals surface area contributed by atoms with Crippen molar-refractivity contribution in [1.82, 2.24) is 0 Å². The smallest absolute Gasteiger partial charge is 0.0935 e. The zero-order valence-electron chi connectivity index (χ0n) is 10.9. The van der Waals surface area contributed by atoms with Crippen LogP contribution >= 0.6 is 0 Å². The van der Waals surface area contributed by atoms with E-state index in [1.54, 1.807) is 6.26 Å². The van der Waals surface area contributed by atoms with Crippen LogP contribution in [0.1, 0.15) is 37.7 Å². The third kappa shape index (κ3) is 1.73. The zero-order valence-corrected chi connectivity index (χ0v) is 10.9. The summed E-state index contributed by atoms with van der Waals surface area (Å²) in [5.41, 5.74) is 7.82. The Labute approximate surface area is 109 Å². The molecule has 0 aliphatic heterocycles. The van der Waals surface area contributed by atoms with Gasteiger partial charge in [0, 0.05) is 6.04 Å². The van der Waals surface area contributed by atoms with Gasteiger partial charge in [-0.3, -0.25) is 0 Å². The first-order valence-corrected chi connectivity index (χ1v) is 7.56. The monoisotopic (exact) mass is 245 g/mol. The molecular formula is C16H23NO. The molecule has 98 valence electrons. The SMILES string of the molecule is NC(Cc1ccoc1)C1C2CC3CC(C2)CC1C3. The molecule has 1 aromatic heterocycles. The van der Waals surface area contributed by atoms with Crippen molar-refractivity contribution in [3.05, 3.63) is 24.2 Å². The standard InChI is InChI=1S/C16H23NO/c17-15(8-10-1-2-18-9-10)16-13-4-11-3-12(6-13)7-14(16)5-11/h1-2,9,11-16H,3-8,17H2. The lowest BCUT2D eigenvalue weighted by molar-refractivity contribution is -0.0465. The van der Waals surface area contributed by atoms with Gasteiger partial charge in [-0.15, -0.1) is 0 Å². The first kappa shape index (κ1) is 11.1. The van der Waals surface area contributed by atoms with Gasteiger partial charge >= 0.3 is 0 Å². The van der Waals surface area contributed by atoms with Crippen LogP contribution in [-0.2, 0) is 6.42 Å². The van der Waals surface area contributed by atoms with Crippen molar-refractivity contribution in [2.24, 2.45) is 35.3 Å². The van der Waals surface area contributed by atoms with Crippen molar-refractivity contribution in [2.75, 3.05) is 0 Å². The summed E-state index contributed by atoms with van der Waals surface area (Å²) in [4.78, 5) is 0. The Morgan fingerprint density at radius 2 is 1.78 bits per heavy atom. The van der Waals surface area contributed by atoms with Crippen molar-refractivity contribution in [3.8, 4) is 0 Å². The van der Waals surface area contributed by atoms with E-state index in [9.17, 15) is 0 Å². The molecule has 2 heteroatoms. The van der Waals surface area contributed by atoms with Crippen LogP contribution in [0.4, 0.5) is 0 Å². The molecule has 0 aromatic carbocycles. The molecule has 18 heavy (non-hydrogen) atoms. The van der Waals surface area contributed by atoms with E-state index in [4.69, 9.17) is 10.2 Å². The van der Waals surface area contributed by atoms with Crippen LogP contribution in [0.5, 0.6) is 0 Å². The molecule has 4 aliphatic rings. The van der Waals surface area contributed by atoms with E-state index in [1.807, 2.05) is 6.26 Å². The van der Waals surface area contributed by atoms with Gasteiger partial charge in [-0.25, -0.2) is 0 Å². The Bertz CT molecular complexity index is 383. The summed E-state index contributed by atoms with van der Waals surface area (Å²) < 4.78 is 5.17. The Morgan fingerprint density at radius 3 is 2.33 bits per heavy atom. The Hall–Kier alpha value is -0.760. The lowest BCUT2D eigenvalue weighted by Crippen LogP contribution is -2.52. The fourth-order valence-corrected chi connectivity index (χ4v) is 5.48. The van der Waals surface area contributed by atoms with Crippen LogP contribution < -0.4 is 5.73 Å². The van der Waals surface area contributed by atoms with E-state index in [2.05, 4.69) is 6.07 Å². The minimum atomic E-state index is 0.345. The molecule has 1 heterocycles. The summed E-state index contributed by atoms with van der Waals surface area (Å²) in [6, 6.07) is 2.41. The normalized spacial score (nSPS) is 43.3. The number of nitrogens with two attached hydrogens (primary N) is 1. The fraction of sp³-hybridized carbons (Fsp3) is 0.750. The van der Waals surface area contributed by atoms with Gasteiger partial charge in [-0.2, -0.15) is 0 Å². The minimum Gasteiger partial charge on any atom is -0.472 e. The average molecular weight is 245 g/mol. The highest BCUT2D eigenvalue weighted by molar-refractivity contribution is 5.10. The van der Waals surface area contributed by atoms with E-state index in [-0.39, 0.29) is 0 Å². The zero-order chi connectivity index (χ0) is 12.1. The van der Waals surface area contributed by atoms with Crippen molar-refractivity contribution in [2.45, 2.75) is 44.6 Å². The second-order valence-electron chi connectivity index (χ2n) is 7.01. The Balaban J connectivity index is 1.50. The molecule has 0 saturated heterocycles. The highest BCUT2D eigenvalue weighted by atomic mass is 16.3. The maximum absolute atomic E-state index is 6.55. The Kier molecular flexibility index (Phi) is 2.54. The Morgan fingerprint density at radius 1 is 1.11 bits per heavy atom. The quantitative estimate of drug-likeness (QED) is 0.888. The molecule has 1 unspecified atom stereocenters. The third-order valence-electron chi connectivity index (χ3n) is 5.85. The van der Waals surface area contributed by atoms with E-state index in [1.165, 1.54) is 37.7 Å². The fourth-order valence-electron chi connectivity index (χ4n) is 5.48. The number of hydrogen-bond donors (Lipinski definition) is 1. The highest BCUT2D eigenvalue weighted by Crippen LogP contribution is 2.57. The molecule has 4 bridgehead atoms. The highest BCUT2D eigenvalue weighted by Gasteiger charge is 2.49. The predicted octanol–water partition coefficient (Wildman–Crippen LogP) is 3.22. The molecule has 0 amide bonds. The number of hydrogen-bond acceptors (Lipinski definition) is 2. The molecule has 2 N–H and O–H groups in total. The van der Waals surface area contributed by atoms with Crippen molar-refractivity contribution in [1.29, 1.82) is 0 Å². The molecule has 1 atom stereocenters. The molecule has 1 aromatic rings. The van der Waals surface area contributed by atoms with E-state index in [0.717, 1.165) is 36.0 Å². The van der Waals surface area contributed by atoms with Crippen LogP contribution in [0.25, 0.3) is 0 Å². The summed E-state index contributed by atoms with van der Waals surface area (Å²) in [6.07, 6.45) is 12.0. The summed E-state index contributed by atoms with van der Waals surface area (Å²) in [5.74, 6) is 4.74. The molecule has 4 saturated carbocycles. The first-order valence-electron chi connectivity index (χ1n) is 7.56. The van der Waals surface area contributed by atoms with Crippen molar-refractivity contribution in [3.63, 3.8) is 0 Å². The van der Waals surface area contributed by atoms with Crippen LogP contribution in [0.3, 0.4) is 0 Å². The molecule has 5 rings (SSSR count). The van der Waals surface area contributed by atoms with Gasteiger partial charge in [-0.05, 0) is 79.7 Å². The number of furan rings is 1. The van der Waals surface area contributed by atoms with E-state index < -0.39 is 0 Å². The second-order valence-corrected chi connectivity index (χ2v) is 7.01. The van der Waals surface area contributed by atoms with Gasteiger partial charge in [0.1, 0.15) is 0 Å². The molecule has 4 fully saturated rings. The lowest BCUT2D eigenvalue weighted by Gasteiger charge is -2.56. The second kappa shape index (κ2) is 4.12. The summed E-state index contributed by atoms with van der Waals surface area (Å²) in [6.45, 7) is 0. The molecular weight excluding hydrogens is 222 g/mol. The third-order valence-corrected chi connectivity index (χ3v) is 5.85. The van der Waals surface area contributed by atoms with Crippen LogP contribution in [0.15, 0.2) is 23.0 Å². The maximum Gasteiger partial charge on any atom is 0.0935 e. The van der Waals surface area contributed by atoms with E-state index >= 15 is 0 Å². The predicted molar refractivity (Wildman–Crippen MR) is 70.9 cm³/mol. The topological polar surface area (TPSA) is 39.2 Å². The molecule has 4 aliphatic carbocycles. The van der Waals surface area contributed by atoms with Gasteiger partial charge in [0.05, 0.1) is 12.5 Å². The molecule has 2 nitrogen and oxygen atoms in total. The van der Waals surface area contributed by atoms with Crippen molar-refractivity contribution < 1.29 is 4.42 Å². The lowest BCUT2D eigenvalue weighted by atomic mass is 9.50. The molecule has 0 radical (unpaired) electrons.